The number of nitrogens with zero attached hydrogens (tertiary/aromatic N) is 3. The fourth-order valence-electron chi connectivity index (χ4n) is 3.15. The third-order valence-corrected chi connectivity index (χ3v) is 4.79. The zero-order valence-electron chi connectivity index (χ0n) is 15.1. The summed E-state index contributed by atoms with van der Waals surface area (Å²) >= 11 is 6.01. The molecule has 0 spiro atoms. The number of piperazine rings is 1. The summed E-state index contributed by atoms with van der Waals surface area (Å²) in [5.74, 6) is -1.08. The van der Waals surface area contributed by atoms with Crippen LogP contribution >= 0.6 is 11.6 Å². The number of halogens is 2. The Morgan fingerprint density at radius 1 is 1.14 bits per heavy atom. The molecule has 1 fully saturated rings. The zero-order chi connectivity index (χ0) is 20.1. The van der Waals surface area contributed by atoms with Crippen LogP contribution < -0.4 is 5.32 Å². The highest BCUT2D eigenvalue weighted by molar-refractivity contribution is 6.30. The molecule has 0 unspecified atom stereocenters. The summed E-state index contributed by atoms with van der Waals surface area (Å²) in [4.78, 5) is 26.8. The van der Waals surface area contributed by atoms with Crippen molar-refractivity contribution in [1.82, 2.24) is 9.80 Å². The maximum Gasteiger partial charge on any atom is 0.295 e. The van der Waals surface area contributed by atoms with E-state index in [-0.39, 0.29) is 18.1 Å². The number of hydrogen-bond acceptors (Lipinski definition) is 5. The van der Waals surface area contributed by atoms with Gasteiger partial charge >= 0.3 is 0 Å². The van der Waals surface area contributed by atoms with Gasteiger partial charge in [0.25, 0.3) is 5.69 Å². The van der Waals surface area contributed by atoms with Crippen molar-refractivity contribution in [3.05, 3.63) is 69.0 Å². The minimum atomic E-state index is -0.722. The first kappa shape index (κ1) is 20.2. The van der Waals surface area contributed by atoms with Crippen LogP contribution in [-0.4, -0.2) is 53.4 Å². The van der Waals surface area contributed by atoms with Gasteiger partial charge in [-0.2, -0.15) is 0 Å². The van der Waals surface area contributed by atoms with Crippen molar-refractivity contribution < 1.29 is 14.1 Å². The summed E-state index contributed by atoms with van der Waals surface area (Å²) in [7, 11) is 0. The summed E-state index contributed by atoms with van der Waals surface area (Å²) in [6, 6.07) is 10.8. The fourth-order valence-corrected chi connectivity index (χ4v) is 3.37. The largest absolute Gasteiger partial charge is 0.319 e. The van der Waals surface area contributed by atoms with E-state index in [1.807, 2.05) is 29.2 Å². The van der Waals surface area contributed by atoms with Crippen LogP contribution in [0.25, 0.3) is 0 Å². The number of anilines is 1. The maximum absolute atomic E-state index is 13.2. The van der Waals surface area contributed by atoms with Gasteiger partial charge in [0, 0.05) is 37.7 Å². The number of benzene rings is 2. The van der Waals surface area contributed by atoms with Gasteiger partial charge in [-0.1, -0.05) is 23.7 Å². The molecule has 0 atom stereocenters. The van der Waals surface area contributed by atoms with Gasteiger partial charge < -0.3 is 5.32 Å². The van der Waals surface area contributed by atoms with Gasteiger partial charge in [-0.05, 0) is 29.8 Å². The Kier molecular flexibility index (Phi) is 6.56. The Hall–Kier alpha value is -2.55. The van der Waals surface area contributed by atoms with E-state index in [1.54, 1.807) is 0 Å². The van der Waals surface area contributed by atoms with E-state index in [1.165, 1.54) is 6.07 Å². The quantitative estimate of drug-likeness (QED) is 0.589. The van der Waals surface area contributed by atoms with Crippen LogP contribution in [0.1, 0.15) is 5.56 Å². The number of carbonyl (C=O) groups is 1. The number of nitro benzene ring substituents is 1. The first-order valence-corrected chi connectivity index (χ1v) is 9.21. The van der Waals surface area contributed by atoms with Crippen molar-refractivity contribution in [2.75, 3.05) is 38.0 Å². The Balaban J connectivity index is 1.49. The van der Waals surface area contributed by atoms with E-state index in [0.29, 0.717) is 18.1 Å². The molecule has 0 bridgehead atoms. The Morgan fingerprint density at radius 2 is 1.86 bits per heavy atom. The Bertz CT molecular complexity index is 872. The second-order valence-electron chi connectivity index (χ2n) is 6.65. The topological polar surface area (TPSA) is 78.7 Å². The second kappa shape index (κ2) is 9.09. The Labute approximate surface area is 166 Å². The van der Waals surface area contributed by atoms with Crippen molar-refractivity contribution in [1.29, 1.82) is 0 Å². The number of rotatable bonds is 6. The van der Waals surface area contributed by atoms with Gasteiger partial charge in [0.2, 0.25) is 5.91 Å². The van der Waals surface area contributed by atoms with E-state index < -0.39 is 16.4 Å². The van der Waals surface area contributed by atoms with E-state index in [9.17, 15) is 19.3 Å². The average molecular weight is 407 g/mol. The van der Waals surface area contributed by atoms with Gasteiger partial charge in [-0.3, -0.25) is 24.7 Å². The minimum absolute atomic E-state index is 0.00371. The Morgan fingerprint density at radius 3 is 2.54 bits per heavy atom. The lowest BCUT2D eigenvalue weighted by molar-refractivity contribution is -0.384. The molecule has 0 aliphatic carbocycles. The van der Waals surface area contributed by atoms with Crippen LogP contribution in [0.3, 0.4) is 0 Å². The van der Waals surface area contributed by atoms with Crippen molar-refractivity contribution in [2.45, 2.75) is 6.54 Å². The van der Waals surface area contributed by atoms with Crippen LogP contribution in [0, 0.1) is 15.9 Å². The number of nitro groups is 1. The lowest BCUT2D eigenvalue weighted by atomic mass is 10.2. The molecule has 28 heavy (non-hydrogen) atoms. The van der Waals surface area contributed by atoms with Crippen LogP contribution in [0.5, 0.6) is 0 Å². The summed E-state index contributed by atoms with van der Waals surface area (Å²) in [5.41, 5.74) is 0.679. The summed E-state index contributed by atoms with van der Waals surface area (Å²) < 4.78 is 13.2. The number of carbonyl (C=O) groups excluding carboxylic acids is 1. The van der Waals surface area contributed by atoms with Crippen molar-refractivity contribution in [3.8, 4) is 0 Å². The first-order chi connectivity index (χ1) is 13.4. The molecule has 1 N–H and O–H groups in total. The molecule has 9 heteroatoms. The predicted octanol–water partition coefficient (Wildman–Crippen LogP) is 3.14. The van der Waals surface area contributed by atoms with Crippen LogP contribution in [0.15, 0.2) is 42.5 Å². The standard InChI is InChI=1S/C19H20ClFN4O3/c20-15-3-1-2-14(10-15)12-23-6-8-24(9-7-23)13-19(26)22-17-5-4-16(21)11-18(17)25(27)28/h1-5,10-11H,6-9,12-13H2,(H,22,26). The highest BCUT2D eigenvalue weighted by Gasteiger charge is 2.21. The molecular formula is C19H20ClFN4O3. The third kappa shape index (κ3) is 5.48. The van der Waals surface area contributed by atoms with Crippen LogP contribution in [0.2, 0.25) is 5.02 Å². The van der Waals surface area contributed by atoms with Gasteiger partial charge in [0.15, 0.2) is 0 Å². The smallest absolute Gasteiger partial charge is 0.295 e. The highest BCUT2D eigenvalue weighted by Crippen LogP contribution is 2.25. The second-order valence-corrected chi connectivity index (χ2v) is 7.09. The summed E-state index contributed by atoms with van der Waals surface area (Å²) in [5, 5.41) is 14.2. The zero-order valence-corrected chi connectivity index (χ0v) is 15.9. The van der Waals surface area contributed by atoms with Gasteiger partial charge in [0.05, 0.1) is 17.5 Å². The molecule has 0 radical (unpaired) electrons. The van der Waals surface area contributed by atoms with E-state index in [0.717, 1.165) is 37.3 Å². The van der Waals surface area contributed by atoms with Gasteiger partial charge in [-0.25, -0.2) is 4.39 Å². The van der Waals surface area contributed by atoms with Crippen LogP contribution in [-0.2, 0) is 11.3 Å². The van der Waals surface area contributed by atoms with E-state index >= 15 is 0 Å². The molecule has 2 aromatic carbocycles. The molecule has 1 amide bonds. The molecule has 0 aromatic heterocycles. The molecule has 1 heterocycles. The van der Waals surface area contributed by atoms with Crippen LogP contribution in [0.4, 0.5) is 15.8 Å². The molecular weight excluding hydrogens is 387 g/mol. The van der Waals surface area contributed by atoms with Crippen molar-refractivity contribution in [2.24, 2.45) is 0 Å². The molecule has 1 saturated heterocycles. The SMILES string of the molecule is O=C(CN1CCN(Cc2cccc(Cl)c2)CC1)Nc1ccc(F)cc1[N+](=O)[O-]. The normalized spacial score (nSPS) is 15.4. The minimum Gasteiger partial charge on any atom is -0.319 e. The highest BCUT2D eigenvalue weighted by atomic mass is 35.5. The fraction of sp³-hybridized carbons (Fsp3) is 0.316. The first-order valence-electron chi connectivity index (χ1n) is 8.83. The predicted molar refractivity (Wildman–Crippen MR) is 105 cm³/mol. The number of nitrogens with one attached hydrogen (secondary N) is 1. The molecule has 148 valence electrons. The molecule has 1 aliphatic heterocycles. The summed E-state index contributed by atoms with van der Waals surface area (Å²) in [6.07, 6.45) is 0. The summed E-state index contributed by atoms with van der Waals surface area (Å²) in [6.45, 7) is 3.94. The number of hydrogen-bond donors (Lipinski definition) is 1. The van der Waals surface area contributed by atoms with Gasteiger partial charge in [-0.15, -0.1) is 0 Å². The maximum atomic E-state index is 13.2. The monoisotopic (exact) mass is 406 g/mol. The van der Waals surface area contributed by atoms with Gasteiger partial charge in [0.1, 0.15) is 11.5 Å². The van der Waals surface area contributed by atoms with Crippen molar-refractivity contribution >= 4 is 28.9 Å². The lowest BCUT2D eigenvalue weighted by Gasteiger charge is -2.34. The van der Waals surface area contributed by atoms with Crippen molar-refractivity contribution in [3.63, 3.8) is 0 Å². The molecule has 1 aliphatic rings. The molecule has 0 saturated carbocycles. The van der Waals surface area contributed by atoms with E-state index in [4.69, 9.17) is 11.6 Å². The third-order valence-electron chi connectivity index (χ3n) is 4.56. The molecule has 2 aromatic rings. The molecule has 3 rings (SSSR count). The van der Waals surface area contributed by atoms with E-state index in [2.05, 4.69) is 10.2 Å². The number of amides is 1. The average Bonchev–Trinajstić information content (AvgIpc) is 2.64. The lowest BCUT2D eigenvalue weighted by Crippen LogP contribution is -2.48. The molecule has 7 nitrogen and oxygen atoms in total.